The third-order valence-electron chi connectivity index (χ3n) is 7.64. The second-order valence-corrected chi connectivity index (χ2v) is 11.9. The number of carbonyl (C=O) groups is 3. The SMILES string of the molecule is CC(=O)N(Cc1ccccc1-c1ccc(CN2C(=O)[C@H](NC(=O)CC(C)(C)N)CCc3cc(F)ccc32)cc1)c1c[nH]cn1. The van der Waals surface area contributed by atoms with E-state index in [0.29, 0.717) is 36.5 Å². The number of hydrogen-bond acceptors (Lipinski definition) is 5. The number of aryl methyl sites for hydroxylation is 1. The van der Waals surface area contributed by atoms with Gasteiger partial charge in [0.2, 0.25) is 17.7 Å². The molecule has 1 aliphatic heterocycles. The molecule has 5 rings (SSSR count). The number of aromatic nitrogens is 2. The number of halogens is 1. The smallest absolute Gasteiger partial charge is 0.249 e. The molecule has 0 aliphatic carbocycles. The lowest BCUT2D eigenvalue weighted by Crippen LogP contribution is -2.49. The Hall–Kier alpha value is -4.83. The lowest BCUT2D eigenvalue weighted by atomic mass is 9.98. The van der Waals surface area contributed by atoms with Crippen molar-refractivity contribution in [2.45, 2.75) is 64.7 Å². The minimum Gasteiger partial charge on any atom is -0.349 e. The molecule has 0 bridgehead atoms. The van der Waals surface area contributed by atoms with Crippen molar-refractivity contribution in [2.24, 2.45) is 5.73 Å². The zero-order chi connectivity index (χ0) is 31.4. The predicted octanol–water partition coefficient (Wildman–Crippen LogP) is 4.86. The molecular formula is C34H37FN6O3. The summed E-state index contributed by atoms with van der Waals surface area (Å²) in [7, 11) is 0. The molecule has 2 heterocycles. The number of hydrogen-bond donors (Lipinski definition) is 3. The average Bonchev–Trinajstić information content (AvgIpc) is 3.47. The van der Waals surface area contributed by atoms with Crippen molar-refractivity contribution in [1.82, 2.24) is 15.3 Å². The highest BCUT2D eigenvalue weighted by Gasteiger charge is 2.32. The van der Waals surface area contributed by atoms with Crippen molar-refractivity contribution in [2.75, 3.05) is 9.80 Å². The fourth-order valence-electron chi connectivity index (χ4n) is 5.54. The summed E-state index contributed by atoms with van der Waals surface area (Å²) in [4.78, 5) is 49.3. The Kier molecular flexibility index (Phi) is 8.91. The van der Waals surface area contributed by atoms with Gasteiger partial charge < -0.3 is 20.9 Å². The Balaban J connectivity index is 1.39. The minimum absolute atomic E-state index is 0.0766. The molecule has 4 aromatic rings. The van der Waals surface area contributed by atoms with Crippen LogP contribution in [-0.4, -0.2) is 39.3 Å². The quantitative estimate of drug-likeness (QED) is 0.255. The van der Waals surface area contributed by atoms with E-state index in [1.807, 2.05) is 48.5 Å². The molecule has 0 radical (unpaired) electrons. The van der Waals surface area contributed by atoms with Gasteiger partial charge in [-0.25, -0.2) is 9.37 Å². The summed E-state index contributed by atoms with van der Waals surface area (Å²) < 4.78 is 14.2. The molecule has 0 spiro atoms. The summed E-state index contributed by atoms with van der Waals surface area (Å²) >= 11 is 0. The van der Waals surface area contributed by atoms with Crippen molar-refractivity contribution >= 4 is 29.2 Å². The van der Waals surface area contributed by atoms with Gasteiger partial charge in [-0.2, -0.15) is 0 Å². The summed E-state index contributed by atoms with van der Waals surface area (Å²) in [5.74, 6) is -0.499. The van der Waals surface area contributed by atoms with E-state index in [4.69, 9.17) is 5.73 Å². The van der Waals surface area contributed by atoms with Crippen LogP contribution >= 0.6 is 0 Å². The summed E-state index contributed by atoms with van der Waals surface area (Å²) in [6.07, 6.45) is 4.10. The molecule has 1 aliphatic rings. The Morgan fingerprint density at radius 3 is 2.57 bits per heavy atom. The zero-order valence-electron chi connectivity index (χ0n) is 25.1. The van der Waals surface area contributed by atoms with Gasteiger partial charge in [0.1, 0.15) is 11.9 Å². The fraction of sp³-hybridized carbons (Fsp3) is 0.294. The number of fused-ring (bicyclic) bond motifs is 1. The van der Waals surface area contributed by atoms with Gasteiger partial charge in [-0.3, -0.25) is 19.3 Å². The van der Waals surface area contributed by atoms with Crippen LogP contribution in [0.2, 0.25) is 0 Å². The van der Waals surface area contributed by atoms with E-state index in [2.05, 4.69) is 15.3 Å². The van der Waals surface area contributed by atoms with Gasteiger partial charge in [0, 0.05) is 30.8 Å². The topological polar surface area (TPSA) is 124 Å². The molecule has 0 saturated carbocycles. The van der Waals surface area contributed by atoms with Crippen molar-refractivity contribution in [3.05, 3.63) is 102 Å². The van der Waals surface area contributed by atoms with Crippen molar-refractivity contribution in [3.8, 4) is 11.1 Å². The summed E-state index contributed by atoms with van der Waals surface area (Å²) in [6, 6.07) is 19.4. The molecule has 44 heavy (non-hydrogen) atoms. The van der Waals surface area contributed by atoms with E-state index in [0.717, 1.165) is 22.3 Å². The second kappa shape index (κ2) is 12.8. The molecule has 10 heteroatoms. The monoisotopic (exact) mass is 596 g/mol. The molecule has 0 saturated heterocycles. The minimum atomic E-state index is -0.759. The molecular weight excluding hydrogens is 559 g/mol. The van der Waals surface area contributed by atoms with Gasteiger partial charge >= 0.3 is 0 Å². The second-order valence-electron chi connectivity index (χ2n) is 11.9. The van der Waals surface area contributed by atoms with Crippen LogP contribution < -0.4 is 20.9 Å². The highest BCUT2D eigenvalue weighted by Crippen LogP contribution is 2.31. The lowest BCUT2D eigenvalue weighted by molar-refractivity contribution is -0.128. The molecule has 3 aromatic carbocycles. The third-order valence-corrected chi connectivity index (χ3v) is 7.64. The maximum Gasteiger partial charge on any atom is 0.249 e. The van der Waals surface area contributed by atoms with E-state index in [1.165, 1.54) is 25.4 Å². The van der Waals surface area contributed by atoms with Crippen LogP contribution in [0.5, 0.6) is 0 Å². The predicted molar refractivity (Wildman–Crippen MR) is 168 cm³/mol. The number of nitrogens with zero attached hydrogens (tertiary/aromatic N) is 3. The number of rotatable bonds is 9. The van der Waals surface area contributed by atoms with Gasteiger partial charge in [-0.05, 0) is 72.7 Å². The van der Waals surface area contributed by atoms with E-state index in [9.17, 15) is 18.8 Å². The van der Waals surface area contributed by atoms with Crippen molar-refractivity contribution in [3.63, 3.8) is 0 Å². The number of carbonyl (C=O) groups excluding carboxylic acids is 3. The maximum absolute atomic E-state index is 14.2. The van der Waals surface area contributed by atoms with Crippen LogP contribution in [0.25, 0.3) is 11.1 Å². The van der Waals surface area contributed by atoms with Crippen LogP contribution in [0.3, 0.4) is 0 Å². The largest absolute Gasteiger partial charge is 0.349 e. The lowest BCUT2D eigenvalue weighted by Gasteiger charge is -2.27. The standard InChI is InChI=1S/C34H37FN6O3/c1-22(42)40(31-18-37-21-38-31)20-26-6-4-5-7-28(26)24-10-8-23(9-11-24)19-41-30-15-13-27(35)16-25(30)12-14-29(33(41)44)39-32(43)17-34(2,3)36/h4-11,13,15-16,18,21,29H,12,14,17,19-20,36H2,1-3H3,(H,37,38)(H,39,43)/t29-/m1/s1. The molecule has 3 amide bonds. The number of H-pyrrole nitrogens is 1. The summed E-state index contributed by atoms with van der Waals surface area (Å²) in [5, 5.41) is 2.86. The molecule has 4 N–H and O–H groups in total. The van der Waals surface area contributed by atoms with Gasteiger partial charge in [-0.1, -0.05) is 48.5 Å². The highest BCUT2D eigenvalue weighted by molar-refractivity contribution is 6.00. The molecule has 1 aromatic heterocycles. The maximum atomic E-state index is 14.2. The Morgan fingerprint density at radius 2 is 1.89 bits per heavy atom. The Bertz CT molecular complexity index is 1650. The Morgan fingerprint density at radius 1 is 1.14 bits per heavy atom. The third kappa shape index (κ3) is 7.20. The van der Waals surface area contributed by atoms with Gasteiger partial charge in [-0.15, -0.1) is 0 Å². The first-order valence-corrected chi connectivity index (χ1v) is 14.6. The number of aromatic amines is 1. The Labute approximate surface area is 256 Å². The highest BCUT2D eigenvalue weighted by atomic mass is 19.1. The van der Waals surface area contributed by atoms with E-state index in [1.54, 1.807) is 35.9 Å². The molecule has 0 unspecified atom stereocenters. The molecule has 1 atom stereocenters. The van der Waals surface area contributed by atoms with Crippen molar-refractivity contribution in [1.29, 1.82) is 0 Å². The zero-order valence-corrected chi connectivity index (χ0v) is 25.1. The van der Waals surface area contributed by atoms with Crippen LogP contribution in [0.4, 0.5) is 15.9 Å². The van der Waals surface area contributed by atoms with E-state index in [-0.39, 0.29) is 36.5 Å². The van der Waals surface area contributed by atoms with Crippen LogP contribution in [0, 0.1) is 5.82 Å². The first-order chi connectivity index (χ1) is 21.0. The summed E-state index contributed by atoms with van der Waals surface area (Å²) in [5.41, 5.74) is 10.4. The summed E-state index contributed by atoms with van der Waals surface area (Å²) in [6.45, 7) is 5.62. The number of imidazole rings is 1. The van der Waals surface area contributed by atoms with Gasteiger partial charge in [0.15, 0.2) is 5.82 Å². The normalized spacial score (nSPS) is 15.0. The van der Waals surface area contributed by atoms with Crippen LogP contribution in [0.1, 0.15) is 50.3 Å². The average molecular weight is 597 g/mol. The van der Waals surface area contributed by atoms with Crippen LogP contribution in [-0.2, 0) is 33.9 Å². The fourth-order valence-corrected chi connectivity index (χ4v) is 5.54. The first-order valence-electron chi connectivity index (χ1n) is 14.6. The molecule has 228 valence electrons. The van der Waals surface area contributed by atoms with Crippen LogP contribution in [0.15, 0.2) is 79.3 Å². The van der Waals surface area contributed by atoms with E-state index < -0.39 is 11.6 Å². The van der Waals surface area contributed by atoms with Gasteiger partial charge in [0.25, 0.3) is 0 Å². The molecule has 0 fully saturated rings. The number of amides is 3. The first kappa shape index (κ1) is 30.6. The molecule has 9 nitrogen and oxygen atoms in total. The van der Waals surface area contributed by atoms with Crippen molar-refractivity contribution < 1.29 is 18.8 Å². The number of nitrogens with two attached hydrogens (primary N) is 1. The number of nitrogens with one attached hydrogen (secondary N) is 2. The van der Waals surface area contributed by atoms with E-state index >= 15 is 0 Å². The number of anilines is 2. The van der Waals surface area contributed by atoms with Gasteiger partial charge in [0.05, 0.1) is 19.4 Å². The number of benzene rings is 3.